The number of phosphoric acid groups is 1. The summed E-state index contributed by atoms with van der Waals surface area (Å²) >= 11 is 17.2. The Morgan fingerprint density at radius 3 is 2.31 bits per heavy atom. The normalized spacial score (nSPS) is 23.0. The zero-order chi connectivity index (χ0) is 33.7. The van der Waals surface area contributed by atoms with Gasteiger partial charge >= 0.3 is 13.9 Å². The van der Waals surface area contributed by atoms with Crippen LogP contribution in [-0.2, 0) is 41.8 Å². The van der Waals surface area contributed by atoms with Crippen molar-refractivity contribution in [2.75, 3.05) is 40.1 Å². The van der Waals surface area contributed by atoms with Crippen LogP contribution in [0.25, 0.3) is 0 Å². The molecule has 2 N–H and O–H groups in total. The molecule has 6 atom stereocenters. The van der Waals surface area contributed by atoms with E-state index in [1.165, 1.54) is 24.8 Å². The predicted octanol–water partition coefficient (Wildman–Crippen LogP) is 6.77. The number of alkyl halides is 3. The highest BCUT2D eigenvalue weighted by atomic mass is 35.6. The summed E-state index contributed by atoms with van der Waals surface area (Å²) < 4.78 is 57.2. The first-order chi connectivity index (χ1) is 21.5. The number of hydrogen-bond acceptors (Lipinski definition) is 11. The monoisotopic (exact) mass is 723 g/mol. The number of alkyl carbamates (subject to hydrolysis) is 1. The first kappa shape index (κ1) is 42.1. The van der Waals surface area contributed by atoms with Crippen molar-refractivity contribution in [2.45, 2.75) is 99.3 Å². The maximum absolute atomic E-state index is 13.6. The van der Waals surface area contributed by atoms with Gasteiger partial charge in [0.25, 0.3) is 0 Å². The summed E-state index contributed by atoms with van der Waals surface area (Å²) in [6.07, 6.45) is 6.62. The summed E-state index contributed by atoms with van der Waals surface area (Å²) in [5.74, 6) is 0. The molecule has 0 saturated carbocycles. The fourth-order valence-corrected chi connectivity index (χ4v) is 5.84. The third-order valence-electron chi connectivity index (χ3n) is 6.49. The van der Waals surface area contributed by atoms with Crippen molar-refractivity contribution in [3.8, 4) is 0 Å². The summed E-state index contributed by atoms with van der Waals surface area (Å²) in [6, 6.07) is -1.15. The lowest BCUT2D eigenvalue weighted by molar-refractivity contribution is -0.260. The van der Waals surface area contributed by atoms with E-state index < -0.39 is 61.6 Å². The lowest BCUT2D eigenvalue weighted by Gasteiger charge is -2.45. The van der Waals surface area contributed by atoms with Crippen LogP contribution >= 0.6 is 42.6 Å². The van der Waals surface area contributed by atoms with Gasteiger partial charge in [-0.25, -0.2) is 9.36 Å². The van der Waals surface area contributed by atoms with Gasteiger partial charge in [-0.3, -0.25) is 13.6 Å². The molecule has 1 rings (SSSR count). The zero-order valence-electron chi connectivity index (χ0n) is 26.3. The quantitative estimate of drug-likeness (QED) is 0.0359. The number of aliphatic hydroxyl groups excluding tert-OH is 1. The summed E-state index contributed by atoms with van der Waals surface area (Å²) in [4.78, 5) is 12.8. The van der Waals surface area contributed by atoms with Gasteiger partial charge in [0, 0.05) is 13.7 Å². The van der Waals surface area contributed by atoms with Crippen LogP contribution < -0.4 is 5.32 Å². The van der Waals surface area contributed by atoms with Gasteiger partial charge in [-0.1, -0.05) is 92.1 Å². The molecule has 1 amide bonds. The number of hydrogen-bond donors (Lipinski definition) is 2. The van der Waals surface area contributed by atoms with E-state index in [4.69, 9.17) is 72.1 Å². The minimum absolute atomic E-state index is 0.104. The molecule has 262 valence electrons. The first-order valence-electron chi connectivity index (χ1n) is 14.9. The Kier molecular flexibility index (Phi) is 21.9. The number of carbonyl (C=O) groups excluding carboxylic acids is 1. The van der Waals surface area contributed by atoms with Gasteiger partial charge in [0.05, 0.1) is 32.2 Å². The van der Waals surface area contributed by atoms with Crippen LogP contribution in [0, 0.1) is 0 Å². The number of halogens is 3. The van der Waals surface area contributed by atoms with E-state index in [-0.39, 0.29) is 25.9 Å². The molecule has 1 fully saturated rings. The Morgan fingerprint density at radius 2 is 1.76 bits per heavy atom. The van der Waals surface area contributed by atoms with Crippen LogP contribution in [0.1, 0.15) is 58.8 Å². The van der Waals surface area contributed by atoms with E-state index >= 15 is 0 Å². The smallest absolute Gasteiger partial charge is 0.471 e. The summed E-state index contributed by atoms with van der Waals surface area (Å²) in [5, 5.41) is 12.9. The number of phosphoric ester groups is 1. The Hall–Kier alpha value is -0.890. The van der Waals surface area contributed by atoms with Gasteiger partial charge in [-0.2, -0.15) is 0 Å². The topological polar surface area (TPSA) is 140 Å². The minimum Gasteiger partial charge on any atom is -0.471 e. The van der Waals surface area contributed by atoms with Crippen LogP contribution in [-0.4, -0.2) is 91.9 Å². The highest BCUT2D eigenvalue weighted by Gasteiger charge is 2.52. The summed E-state index contributed by atoms with van der Waals surface area (Å²) in [5.41, 5.74) is 0. The number of nitrogens with one attached hydrogen (secondary N) is 1. The Bertz CT molecular complexity index is 908. The van der Waals surface area contributed by atoms with Gasteiger partial charge in [-0.15, -0.1) is 13.2 Å². The number of rotatable bonds is 24. The molecular weight excluding hydrogens is 676 g/mol. The van der Waals surface area contributed by atoms with Crippen molar-refractivity contribution >= 4 is 48.7 Å². The predicted molar refractivity (Wildman–Crippen MR) is 174 cm³/mol. The van der Waals surface area contributed by atoms with E-state index in [9.17, 15) is 14.5 Å². The molecule has 0 aliphatic carbocycles. The highest BCUT2D eigenvalue weighted by molar-refractivity contribution is 7.48. The second-order valence-corrected chi connectivity index (χ2v) is 14.2. The third-order valence-corrected chi connectivity index (χ3v) is 8.25. The molecule has 0 unspecified atom stereocenters. The molecule has 1 saturated heterocycles. The standard InChI is InChI=1S/C29H49Cl3NO11P/c1-6-10-11-12-13-14-22(37-5)15-19-38-26-24(33-28(35)40-21-29(30,31)32)27(39-16-7-2)43-23(20-34)25(26)44-45(36,41-17-8-3)42-18-9-4/h7-9,16,22-27,34H,3-4,6,10-15,17-21H2,1-2,5H3,(H,33,35)/t22-,23-,24-,25-,26-,27+/m1/s1. The summed E-state index contributed by atoms with van der Waals surface area (Å²) in [6.45, 7) is 9.61. The summed E-state index contributed by atoms with van der Waals surface area (Å²) in [7, 11) is -2.68. The van der Waals surface area contributed by atoms with Crippen molar-refractivity contribution in [1.29, 1.82) is 0 Å². The second-order valence-electron chi connectivity index (χ2n) is 10.1. The van der Waals surface area contributed by atoms with Crippen LogP contribution in [0.4, 0.5) is 4.79 Å². The largest absolute Gasteiger partial charge is 0.475 e. The number of allylic oxidation sites excluding steroid dienone is 1. The molecule has 0 bridgehead atoms. The molecule has 16 heteroatoms. The van der Waals surface area contributed by atoms with Gasteiger partial charge in [0.2, 0.25) is 10.1 Å². The molecular formula is C29H49Cl3NO11P. The van der Waals surface area contributed by atoms with Crippen LogP contribution in [0.15, 0.2) is 37.6 Å². The molecule has 1 aliphatic rings. The minimum atomic E-state index is -4.32. The van der Waals surface area contributed by atoms with E-state index in [1.807, 2.05) is 0 Å². The molecule has 0 radical (unpaired) electrons. The molecule has 0 aromatic heterocycles. The molecule has 0 aromatic carbocycles. The average molecular weight is 725 g/mol. The van der Waals surface area contributed by atoms with Gasteiger partial charge in [0.1, 0.15) is 31.0 Å². The maximum atomic E-state index is 13.6. The van der Waals surface area contributed by atoms with Gasteiger partial charge < -0.3 is 34.1 Å². The molecule has 12 nitrogen and oxygen atoms in total. The molecule has 0 aromatic rings. The van der Waals surface area contributed by atoms with E-state index in [0.29, 0.717) is 6.42 Å². The number of methoxy groups -OCH3 is 1. The van der Waals surface area contributed by atoms with Crippen LogP contribution in [0.2, 0.25) is 0 Å². The zero-order valence-corrected chi connectivity index (χ0v) is 29.4. The first-order valence-corrected chi connectivity index (χ1v) is 17.5. The number of amides is 1. The third kappa shape index (κ3) is 17.2. The second kappa shape index (κ2) is 23.4. The Labute approximate surface area is 282 Å². The number of ether oxygens (including phenoxy) is 5. The molecule has 45 heavy (non-hydrogen) atoms. The van der Waals surface area contributed by atoms with Crippen molar-refractivity contribution in [2.24, 2.45) is 0 Å². The highest BCUT2D eigenvalue weighted by Crippen LogP contribution is 2.52. The van der Waals surface area contributed by atoms with Gasteiger partial charge in [-0.05, 0) is 19.8 Å². The van der Waals surface area contributed by atoms with Crippen LogP contribution in [0.3, 0.4) is 0 Å². The molecule has 1 aliphatic heterocycles. The lowest BCUT2D eigenvalue weighted by atomic mass is 9.96. The van der Waals surface area contributed by atoms with Crippen molar-refractivity contribution in [1.82, 2.24) is 5.32 Å². The molecule has 0 spiro atoms. The number of aliphatic hydroxyl groups is 1. The number of carbonyl (C=O) groups is 1. The van der Waals surface area contributed by atoms with Crippen molar-refractivity contribution in [3.05, 3.63) is 37.6 Å². The Morgan fingerprint density at radius 1 is 1.09 bits per heavy atom. The van der Waals surface area contributed by atoms with E-state index in [1.54, 1.807) is 20.1 Å². The van der Waals surface area contributed by atoms with Crippen LogP contribution in [0.5, 0.6) is 0 Å². The average Bonchev–Trinajstić information content (AvgIpc) is 3.01. The van der Waals surface area contributed by atoms with Crippen molar-refractivity contribution in [3.63, 3.8) is 0 Å². The lowest BCUT2D eigenvalue weighted by Crippen LogP contribution is -2.66. The van der Waals surface area contributed by atoms with E-state index in [2.05, 4.69) is 25.4 Å². The fraction of sp³-hybridized carbons (Fsp3) is 0.759. The maximum Gasteiger partial charge on any atom is 0.475 e. The van der Waals surface area contributed by atoms with Gasteiger partial charge in [0.15, 0.2) is 0 Å². The SMILES string of the molecule is C=CCOP(=O)(OCC=C)O[C@H]1[C@H](OCC[C@@H](CCCCCCC)OC)[C@@H](NC(=O)OCC(Cl)(Cl)Cl)[C@@H](OC=CC)O[C@@H]1CO. The molecule has 1 heterocycles. The van der Waals surface area contributed by atoms with E-state index in [0.717, 1.165) is 32.1 Å². The Balaban J connectivity index is 3.37. The fourth-order valence-electron chi connectivity index (χ4n) is 4.35. The van der Waals surface area contributed by atoms with Crippen molar-refractivity contribution < 1.29 is 51.7 Å². The number of unbranched alkanes of at least 4 members (excludes halogenated alkanes) is 4.